The lowest BCUT2D eigenvalue weighted by Gasteiger charge is -2.24. The van der Waals surface area contributed by atoms with Crippen LogP contribution in [0.4, 0.5) is 0 Å². The molecule has 40 heavy (non-hydrogen) atoms. The van der Waals surface area contributed by atoms with Gasteiger partial charge in [-0.15, -0.1) is 11.3 Å². The van der Waals surface area contributed by atoms with Gasteiger partial charge in [0, 0.05) is 47.9 Å². The average Bonchev–Trinajstić information content (AvgIpc) is 3.67. The van der Waals surface area contributed by atoms with Crippen molar-refractivity contribution in [1.29, 1.82) is 0 Å². The summed E-state index contributed by atoms with van der Waals surface area (Å²) in [6.07, 6.45) is 5.91. The molecule has 0 radical (unpaired) electrons. The van der Waals surface area contributed by atoms with Crippen LogP contribution in [0.25, 0.3) is 22.5 Å². The van der Waals surface area contributed by atoms with Crippen LogP contribution in [-0.4, -0.2) is 50.9 Å². The molecule has 2 N–H and O–H groups in total. The van der Waals surface area contributed by atoms with Gasteiger partial charge in [-0.2, -0.15) is 0 Å². The van der Waals surface area contributed by atoms with Crippen LogP contribution in [0.5, 0.6) is 5.75 Å². The van der Waals surface area contributed by atoms with E-state index in [0.29, 0.717) is 17.1 Å². The predicted molar refractivity (Wildman–Crippen MR) is 158 cm³/mol. The maximum absolute atomic E-state index is 13.4. The Hall–Kier alpha value is -4.04. The van der Waals surface area contributed by atoms with E-state index in [0.717, 1.165) is 53.1 Å². The van der Waals surface area contributed by atoms with Crippen LogP contribution in [-0.2, 0) is 16.6 Å². The van der Waals surface area contributed by atoms with Crippen molar-refractivity contribution in [3.63, 3.8) is 0 Å². The van der Waals surface area contributed by atoms with Crippen LogP contribution in [0.1, 0.15) is 53.7 Å². The first-order valence-electron chi connectivity index (χ1n) is 13.6. The Balaban J connectivity index is 1.30. The number of aromatic nitrogens is 2. The van der Waals surface area contributed by atoms with Gasteiger partial charge in [0.1, 0.15) is 11.8 Å². The maximum atomic E-state index is 13.4. The second-order valence-corrected chi connectivity index (χ2v) is 12.3. The van der Waals surface area contributed by atoms with E-state index < -0.39 is 6.04 Å². The standard InChI is InChI=1S/C32H34N4O3S/c1-32(2,3)28-15-14-27(40-28)30(38)35-26(31(39)36-16-4-5-17-36)18-21-6-8-23(9-7-21)29-33-19-24(20-34-29)22-10-12-25(37)13-11-22/h6-15,19-20,26,37H,4-5,16-18H2,1-3H3,(H,35,38). The Morgan fingerprint density at radius 3 is 2.12 bits per heavy atom. The van der Waals surface area contributed by atoms with E-state index in [-0.39, 0.29) is 23.0 Å². The molecule has 2 amide bonds. The number of hydrogen-bond acceptors (Lipinski definition) is 6. The first kappa shape index (κ1) is 27.5. The van der Waals surface area contributed by atoms with Gasteiger partial charge in [0.2, 0.25) is 5.91 Å². The topological polar surface area (TPSA) is 95.4 Å². The van der Waals surface area contributed by atoms with E-state index >= 15 is 0 Å². The minimum absolute atomic E-state index is 0.0318. The van der Waals surface area contributed by atoms with Crippen LogP contribution in [0.3, 0.4) is 0 Å². The fraction of sp³-hybridized carbons (Fsp3) is 0.312. The van der Waals surface area contributed by atoms with Crippen molar-refractivity contribution in [1.82, 2.24) is 20.2 Å². The quantitative estimate of drug-likeness (QED) is 0.299. The number of phenolic OH excluding ortho intramolecular Hbond substituents is 1. The van der Waals surface area contributed by atoms with E-state index in [1.807, 2.05) is 53.4 Å². The van der Waals surface area contributed by atoms with Gasteiger partial charge in [0.25, 0.3) is 5.91 Å². The van der Waals surface area contributed by atoms with Crippen molar-refractivity contribution < 1.29 is 14.7 Å². The van der Waals surface area contributed by atoms with Gasteiger partial charge in [0.05, 0.1) is 4.88 Å². The molecule has 0 aliphatic carbocycles. The molecule has 3 heterocycles. The average molecular weight is 555 g/mol. The molecule has 4 aromatic rings. The summed E-state index contributed by atoms with van der Waals surface area (Å²) in [6, 6.07) is 17.9. The molecule has 1 unspecified atom stereocenters. The Morgan fingerprint density at radius 2 is 1.52 bits per heavy atom. The van der Waals surface area contributed by atoms with Crippen molar-refractivity contribution >= 4 is 23.2 Å². The van der Waals surface area contributed by atoms with Crippen LogP contribution >= 0.6 is 11.3 Å². The number of thiophene rings is 1. The largest absolute Gasteiger partial charge is 0.508 e. The van der Waals surface area contributed by atoms with Gasteiger partial charge in [-0.3, -0.25) is 9.59 Å². The monoisotopic (exact) mass is 554 g/mol. The second kappa shape index (κ2) is 11.6. The third-order valence-electron chi connectivity index (χ3n) is 7.09. The number of rotatable bonds is 7. The van der Waals surface area contributed by atoms with E-state index in [2.05, 4.69) is 36.1 Å². The number of phenols is 1. The molecule has 0 bridgehead atoms. The molecule has 2 aromatic heterocycles. The highest BCUT2D eigenvalue weighted by atomic mass is 32.1. The molecule has 0 saturated carbocycles. The normalized spacial score (nSPS) is 14.2. The lowest BCUT2D eigenvalue weighted by Crippen LogP contribution is -2.48. The number of hydrogen-bond donors (Lipinski definition) is 2. The summed E-state index contributed by atoms with van der Waals surface area (Å²) in [6.45, 7) is 7.83. The summed E-state index contributed by atoms with van der Waals surface area (Å²) < 4.78 is 0. The Morgan fingerprint density at radius 1 is 0.900 bits per heavy atom. The van der Waals surface area contributed by atoms with Crippen LogP contribution in [0, 0.1) is 0 Å². The zero-order chi connectivity index (χ0) is 28.3. The number of carbonyl (C=O) groups is 2. The molecule has 5 rings (SSSR count). The molecule has 2 aromatic carbocycles. The lowest BCUT2D eigenvalue weighted by atomic mass is 9.95. The van der Waals surface area contributed by atoms with Crippen LogP contribution < -0.4 is 5.32 Å². The zero-order valence-electron chi connectivity index (χ0n) is 23.1. The molecule has 8 heteroatoms. The highest BCUT2D eigenvalue weighted by Crippen LogP contribution is 2.29. The van der Waals surface area contributed by atoms with Crippen molar-refractivity contribution in [3.05, 3.63) is 88.4 Å². The van der Waals surface area contributed by atoms with E-state index in [9.17, 15) is 14.7 Å². The fourth-order valence-electron chi connectivity index (χ4n) is 4.76. The second-order valence-electron chi connectivity index (χ2n) is 11.2. The zero-order valence-corrected chi connectivity index (χ0v) is 23.9. The number of likely N-dealkylation sites (tertiary alicyclic amines) is 1. The number of nitrogens with zero attached hydrogens (tertiary/aromatic N) is 3. The van der Waals surface area contributed by atoms with Crippen LogP contribution in [0.15, 0.2) is 73.1 Å². The fourth-order valence-corrected chi connectivity index (χ4v) is 5.72. The molecule has 7 nitrogen and oxygen atoms in total. The molecule has 0 spiro atoms. The summed E-state index contributed by atoms with van der Waals surface area (Å²) in [7, 11) is 0. The minimum atomic E-state index is -0.641. The summed E-state index contributed by atoms with van der Waals surface area (Å²) in [5.41, 5.74) is 3.56. The Bertz CT molecular complexity index is 1470. The third-order valence-corrected chi connectivity index (χ3v) is 8.60. The summed E-state index contributed by atoms with van der Waals surface area (Å²) in [5, 5.41) is 12.5. The maximum Gasteiger partial charge on any atom is 0.262 e. The van der Waals surface area contributed by atoms with Crippen molar-refractivity contribution in [2.45, 2.75) is 51.5 Å². The molecule has 206 valence electrons. The molecule has 1 fully saturated rings. The molecule has 1 aliphatic rings. The molecular formula is C32H34N4O3S. The van der Waals surface area contributed by atoms with Gasteiger partial charge in [-0.25, -0.2) is 9.97 Å². The number of nitrogens with one attached hydrogen (secondary N) is 1. The van der Waals surface area contributed by atoms with E-state index in [4.69, 9.17) is 0 Å². The molecule has 1 saturated heterocycles. The van der Waals surface area contributed by atoms with E-state index in [1.165, 1.54) is 11.3 Å². The van der Waals surface area contributed by atoms with Gasteiger partial charge in [-0.05, 0) is 53.6 Å². The molecule has 1 aliphatic heterocycles. The van der Waals surface area contributed by atoms with Crippen molar-refractivity contribution in [2.75, 3.05) is 13.1 Å². The molecular weight excluding hydrogens is 520 g/mol. The molecule has 1 atom stereocenters. The highest BCUT2D eigenvalue weighted by molar-refractivity contribution is 7.14. The van der Waals surface area contributed by atoms with Crippen molar-refractivity contribution in [3.8, 4) is 28.3 Å². The van der Waals surface area contributed by atoms with Gasteiger partial charge < -0.3 is 15.3 Å². The van der Waals surface area contributed by atoms with Gasteiger partial charge in [0.15, 0.2) is 5.82 Å². The predicted octanol–water partition coefficient (Wildman–Crippen LogP) is 5.84. The van der Waals surface area contributed by atoms with Gasteiger partial charge >= 0.3 is 0 Å². The SMILES string of the molecule is CC(C)(C)c1ccc(C(=O)NC(Cc2ccc(-c3ncc(-c4ccc(O)cc4)cn3)cc2)C(=O)N2CCCC2)s1. The first-order valence-corrected chi connectivity index (χ1v) is 14.4. The smallest absolute Gasteiger partial charge is 0.262 e. The first-order chi connectivity index (χ1) is 19.2. The Kier molecular flexibility index (Phi) is 7.98. The Labute approximate surface area is 238 Å². The number of carbonyl (C=O) groups excluding carboxylic acids is 2. The summed E-state index contributed by atoms with van der Waals surface area (Å²) in [4.78, 5) is 39.3. The number of benzene rings is 2. The summed E-state index contributed by atoms with van der Waals surface area (Å²) >= 11 is 1.48. The van der Waals surface area contributed by atoms with Crippen molar-refractivity contribution in [2.24, 2.45) is 0 Å². The lowest BCUT2D eigenvalue weighted by molar-refractivity contribution is -0.132. The van der Waals surface area contributed by atoms with Crippen LogP contribution in [0.2, 0.25) is 0 Å². The van der Waals surface area contributed by atoms with Gasteiger partial charge in [-0.1, -0.05) is 57.2 Å². The van der Waals surface area contributed by atoms with E-state index in [1.54, 1.807) is 24.5 Å². The highest BCUT2D eigenvalue weighted by Gasteiger charge is 2.29. The third kappa shape index (κ3) is 6.39. The summed E-state index contributed by atoms with van der Waals surface area (Å²) in [5.74, 6) is 0.568. The number of aromatic hydroxyl groups is 1. The number of amides is 2. The minimum Gasteiger partial charge on any atom is -0.508 e.